The lowest BCUT2D eigenvalue weighted by Crippen LogP contribution is -2.36. The number of carbonyl (C=O) groups is 1. The maximum atomic E-state index is 12.7. The average Bonchev–Trinajstić information content (AvgIpc) is 3.17. The Morgan fingerprint density at radius 1 is 1.23 bits per heavy atom. The zero-order chi connectivity index (χ0) is 20.9. The highest BCUT2D eigenvalue weighted by Crippen LogP contribution is 2.35. The van der Waals surface area contributed by atoms with Gasteiger partial charge in [-0.05, 0) is 68.1 Å². The third kappa shape index (κ3) is 3.29. The van der Waals surface area contributed by atoms with Crippen LogP contribution in [0.4, 0.5) is 0 Å². The fourth-order valence-electron chi connectivity index (χ4n) is 4.63. The highest BCUT2D eigenvalue weighted by atomic mass is 16.1. The van der Waals surface area contributed by atoms with Gasteiger partial charge in [0.15, 0.2) is 5.82 Å². The Balaban J connectivity index is 1.41. The van der Waals surface area contributed by atoms with Crippen molar-refractivity contribution < 1.29 is 4.79 Å². The Kier molecular flexibility index (Phi) is 4.31. The molecule has 2 fully saturated rings. The molecular weight excluding hydrogens is 388 g/mol. The van der Waals surface area contributed by atoms with E-state index in [2.05, 4.69) is 36.9 Å². The molecule has 4 heterocycles. The van der Waals surface area contributed by atoms with E-state index in [9.17, 15) is 4.79 Å². The third-order valence-electron chi connectivity index (χ3n) is 6.56. The fourth-order valence-corrected chi connectivity index (χ4v) is 4.63. The van der Waals surface area contributed by atoms with E-state index in [1.54, 1.807) is 0 Å². The van der Waals surface area contributed by atoms with Gasteiger partial charge in [0.1, 0.15) is 5.65 Å². The second kappa shape index (κ2) is 7.20. The van der Waals surface area contributed by atoms with Crippen molar-refractivity contribution in [2.45, 2.75) is 31.8 Å². The van der Waals surface area contributed by atoms with Crippen LogP contribution in [-0.2, 0) is 13.6 Å². The summed E-state index contributed by atoms with van der Waals surface area (Å²) in [6, 6.07) is 12.3. The molecule has 1 aliphatic carbocycles. The number of aryl methyl sites for hydroxylation is 1. The van der Waals surface area contributed by atoms with Crippen LogP contribution in [0.5, 0.6) is 0 Å². The molecule has 0 bridgehead atoms. The van der Waals surface area contributed by atoms with Gasteiger partial charge in [0.25, 0.3) is 5.91 Å². The topological polar surface area (TPSA) is 76.8 Å². The Morgan fingerprint density at radius 3 is 2.94 bits per heavy atom. The predicted molar refractivity (Wildman–Crippen MR) is 121 cm³/mol. The van der Waals surface area contributed by atoms with Gasteiger partial charge in [0, 0.05) is 43.3 Å². The van der Waals surface area contributed by atoms with Gasteiger partial charge >= 0.3 is 0 Å². The molecule has 1 aromatic carbocycles. The van der Waals surface area contributed by atoms with Crippen molar-refractivity contribution in [3.63, 3.8) is 0 Å². The molecular formula is C24H26N6O. The lowest BCUT2D eigenvalue weighted by Gasteiger charge is -2.11. The molecule has 1 saturated heterocycles. The Bertz CT molecular complexity index is 1290. The van der Waals surface area contributed by atoms with Crippen LogP contribution in [0.15, 0.2) is 42.6 Å². The third-order valence-corrected chi connectivity index (χ3v) is 6.56. The smallest absolute Gasteiger partial charge is 0.251 e. The number of pyridine rings is 1. The molecule has 1 amide bonds. The summed E-state index contributed by atoms with van der Waals surface area (Å²) in [5.74, 6) is 1.60. The predicted octanol–water partition coefficient (Wildman–Crippen LogP) is 3.09. The molecule has 31 heavy (non-hydrogen) atoms. The van der Waals surface area contributed by atoms with Crippen molar-refractivity contribution >= 4 is 28.0 Å². The summed E-state index contributed by atoms with van der Waals surface area (Å²) < 4.78 is 4.43. The first-order chi connectivity index (χ1) is 15.2. The molecule has 6 rings (SSSR count). The van der Waals surface area contributed by atoms with Gasteiger partial charge in [-0.1, -0.05) is 0 Å². The van der Waals surface area contributed by atoms with Crippen molar-refractivity contribution in [3.8, 4) is 11.5 Å². The van der Waals surface area contributed by atoms with E-state index < -0.39 is 0 Å². The molecule has 1 aliphatic heterocycles. The van der Waals surface area contributed by atoms with Crippen molar-refractivity contribution in [2.24, 2.45) is 13.0 Å². The quantitative estimate of drug-likeness (QED) is 0.526. The summed E-state index contributed by atoms with van der Waals surface area (Å²) in [6.45, 7) is 2.76. The van der Waals surface area contributed by atoms with Gasteiger partial charge in [-0.25, -0.2) is 9.97 Å². The zero-order valence-corrected chi connectivity index (χ0v) is 17.6. The normalized spacial score (nSPS) is 18.8. The van der Waals surface area contributed by atoms with E-state index in [1.165, 1.54) is 12.8 Å². The summed E-state index contributed by atoms with van der Waals surface area (Å²) >= 11 is 0. The largest absolute Gasteiger partial charge is 0.348 e. The summed E-state index contributed by atoms with van der Waals surface area (Å²) in [6.07, 6.45) is 5.39. The lowest BCUT2D eigenvalue weighted by molar-refractivity contribution is 0.0940. The van der Waals surface area contributed by atoms with Crippen LogP contribution < -0.4 is 10.6 Å². The van der Waals surface area contributed by atoms with Gasteiger partial charge < -0.3 is 19.8 Å². The van der Waals surface area contributed by atoms with E-state index >= 15 is 0 Å². The first kappa shape index (κ1) is 18.6. The van der Waals surface area contributed by atoms with Crippen molar-refractivity contribution in [1.82, 2.24) is 29.7 Å². The molecule has 7 heteroatoms. The van der Waals surface area contributed by atoms with Crippen LogP contribution in [0.3, 0.4) is 0 Å². The van der Waals surface area contributed by atoms with Crippen LogP contribution >= 0.6 is 0 Å². The molecule has 0 unspecified atom stereocenters. The zero-order valence-electron chi connectivity index (χ0n) is 17.6. The molecule has 3 aromatic heterocycles. The number of hydrogen-bond donors (Lipinski definition) is 2. The van der Waals surface area contributed by atoms with Crippen LogP contribution in [-0.4, -0.2) is 44.1 Å². The summed E-state index contributed by atoms with van der Waals surface area (Å²) in [7, 11) is 2.04. The molecule has 4 aromatic rings. The fraction of sp³-hybridized carbons (Fsp3) is 0.375. The molecule has 2 aliphatic rings. The van der Waals surface area contributed by atoms with E-state index in [1.807, 2.05) is 37.5 Å². The Labute approximate surface area is 180 Å². The van der Waals surface area contributed by atoms with Crippen LogP contribution in [0.1, 0.15) is 29.6 Å². The SMILES string of the molecule is Cn1c(-c2cc3cccnc3n2CC2CC2)nc2cc(C(=O)N[C@H]3CCNC3)ccc21. The number of amides is 1. The van der Waals surface area contributed by atoms with Gasteiger partial charge in [-0.15, -0.1) is 0 Å². The molecule has 1 saturated carbocycles. The highest BCUT2D eigenvalue weighted by molar-refractivity contribution is 5.98. The van der Waals surface area contributed by atoms with Gasteiger partial charge in [0.2, 0.25) is 0 Å². The highest BCUT2D eigenvalue weighted by Gasteiger charge is 2.26. The molecule has 1 atom stereocenters. The van der Waals surface area contributed by atoms with Gasteiger partial charge in [0.05, 0.1) is 16.7 Å². The standard InChI is InChI=1S/C24H26N6O/c1-29-20-7-6-17(24(31)27-18-8-10-25-13-18)11-19(20)28-23(29)21-12-16-3-2-9-26-22(16)30(21)14-15-4-5-15/h2-3,6-7,9,11-12,15,18,25H,4-5,8,10,13-14H2,1H3,(H,27,31)/t18-/m0/s1. The monoisotopic (exact) mass is 414 g/mol. The Morgan fingerprint density at radius 2 is 2.13 bits per heavy atom. The maximum Gasteiger partial charge on any atom is 0.251 e. The van der Waals surface area contributed by atoms with Crippen molar-refractivity contribution in [3.05, 3.63) is 48.2 Å². The minimum absolute atomic E-state index is 0.0325. The van der Waals surface area contributed by atoms with Crippen LogP contribution in [0, 0.1) is 5.92 Å². The number of nitrogens with one attached hydrogen (secondary N) is 2. The van der Waals surface area contributed by atoms with Gasteiger partial charge in [-0.3, -0.25) is 4.79 Å². The molecule has 0 spiro atoms. The number of rotatable bonds is 5. The van der Waals surface area contributed by atoms with E-state index in [0.717, 1.165) is 65.6 Å². The minimum Gasteiger partial charge on any atom is -0.348 e. The number of benzene rings is 1. The lowest BCUT2D eigenvalue weighted by atomic mass is 10.1. The van der Waals surface area contributed by atoms with Crippen LogP contribution in [0.2, 0.25) is 0 Å². The molecule has 0 radical (unpaired) electrons. The van der Waals surface area contributed by atoms with Crippen LogP contribution in [0.25, 0.3) is 33.6 Å². The Hall–Kier alpha value is -3.19. The van der Waals surface area contributed by atoms with Crippen molar-refractivity contribution in [2.75, 3.05) is 13.1 Å². The van der Waals surface area contributed by atoms with E-state index in [4.69, 9.17) is 4.98 Å². The summed E-state index contributed by atoms with van der Waals surface area (Å²) in [5.41, 5.74) is 4.62. The number of nitrogens with zero attached hydrogens (tertiary/aromatic N) is 4. The van der Waals surface area contributed by atoms with E-state index in [-0.39, 0.29) is 11.9 Å². The summed E-state index contributed by atoms with van der Waals surface area (Å²) in [4.78, 5) is 22.3. The second-order valence-electron chi connectivity index (χ2n) is 8.86. The summed E-state index contributed by atoms with van der Waals surface area (Å²) in [5, 5.41) is 7.54. The number of imidazole rings is 1. The first-order valence-corrected chi connectivity index (χ1v) is 11.1. The second-order valence-corrected chi connectivity index (χ2v) is 8.86. The number of hydrogen-bond acceptors (Lipinski definition) is 4. The minimum atomic E-state index is -0.0325. The van der Waals surface area contributed by atoms with Gasteiger partial charge in [-0.2, -0.15) is 0 Å². The molecule has 158 valence electrons. The number of fused-ring (bicyclic) bond motifs is 2. The first-order valence-electron chi connectivity index (χ1n) is 11.1. The maximum absolute atomic E-state index is 12.7. The molecule has 2 N–H and O–H groups in total. The van der Waals surface area contributed by atoms with Crippen molar-refractivity contribution in [1.29, 1.82) is 0 Å². The molecule has 7 nitrogen and oxygen atoms in total. The average molecular weight is 415 g/mol. The van der Waals surface area contributed by atoms with E-state index in [0.29, 0.717) is 5.56 Å². The number of aromatic nitrogens is 4. The number of carbonyl (C=O) groups excluding carboxylic acids is 1.